The lowest BCUT2D eigenvalue weighted by atomic mass is 9.94. The summed E-state index contributed by atoms with van der Waals surface area (Å²) in [4.78, 5) is 45.9. The van der Waals surface area contributed by atoms with Crippen molar-refractivity contribution in [2.24, 2.45) is 4.99 Å². The number of nitrogens with one attached hydrogen (secondary N) is 1. The Kier molecular flexibility index (Phi) is 11.4. The number of aryl methyl sites for hydroxylation is 2. The topological polar surface area (TPSA) is 110 Å². The van der Waals surface area contributed by atoms with Crippen molar-refractivity contribution in [3.05, 3.63) is 58.7 Å². The zero-order chi connectivity index (χ0) is 30.8. The molecule has 10 heteroatoms. The van der Waals surface area contributed by atoms with E-state index >= 15 is 0 Å². The van der Waals surface area contributed by atoms with E-state index in [1.807, 2.05) is 62.2 Å². The zero-order valence-electron chi connectivity index (χ0n) is 25.8. The fourth-order valence-electron chi connectivity index (χ4n) is 5.56. The monoisotopic (exact) mass is 592 g/mol. The van der Waals surface area contributed by atoms with E-state index in [1.165, 1.54) is 19.3 Å². The van der Waals surface area contributed by atoms with Gasteiger partial charge in [0, 0.05) is 31.6 Å². The van der Waals surface area contributed by atoms with E-state index in [1.54, 1.807) is 11.8 Å². The highest BCUT2D eigenvalue weighted by Crippen LogP contribution is 2.30. The molecule has 0 aromatic heterocycles. The molecule has 1 heterocycles. The first-order valence-corrected chi connectivity index (χ1v) is 15.2. The average Bonchev–Trinajstić information content (AvgIpc) is 2.99. The van der Waals surface area contributed by atoms with Crippen LogP contribution < -0.4 is 10.1 Å². The normalized spacial score (nSPS) is 14.8. The molecular formula is C33H44N4O6. The van der Waals surface area contributed by atoms with Gasteiger partial charge in [0.05, 0.1) is 18.9 Å². The van der Waals surface area contributed by atoms with Gasteiger partial charge in [0.15, 0.2) is 0 Å². The van der Waals surface area contributed by atoms with Crippen molar-refractivity contribution in [2.45, 2.75) is 84.9 Å². The summed E-state index contributed by atoms with van der Waals surface area (Å²) in [5.41, 5.74) is 4.52. The van der Waals surface area contributed by atoms with Crippen molar-refractivity contribution in [2.75, 3.05) is 26.8 Å². The Morgan fingerprint density at radius 3 is 2.51 bits per heavy atom. The van der Waals surface area contributed by atoms with E-state index in [0.717, 1.165) is 35.1 Å². The molecule has 43 heavy (non-hydrogen) atoms. The Hall–Kier alpha value is -4.08. The maximum absolute atomic E-state index is 12.8. The molecule has 1 aliphatic carbocycles. The number of hydrogen-bond acceptors (Lipinski definition) is 8. The second kappa shape index (κ2) is 15.4. The lowest BCUT2D eigenvalue weighted by molar-refractivity contribution is -0.143. The molecule has 1 N–H and O–H groups in total. The average molecular weight is 593 g/mol. The molecule has 0 saturated heterocycles. The number of aliphatic imine (C=N–C) groups is 1. The van der Waals surface area contributed by atoms with Crippen LogP contribution in [0.1, 0.15) is 74.1 Å². The molecule has 0 radical (unpaired) electrons. The zero-order valence-corrected chi connectivity index (χ0v) is 25.8. The van der Waals surface area contributed by atoms with Gasteiger partial charge in [-0.2, -0.15) is 0 Å². The first-order chi connectivity index (χ1) is 20.7. The van der Waals surface area contributed by atoms with E-state index < -0.39 is 12.1 Å². The summed E-state index contributed by atoms with van der Waals surface area (Å²) in [6.07, 6.45) is 6.24. The number of carbonyl (C=O) groups is 3. The summed E-state index contributed by atoms with van der Waals surface area (Å²) < 4.78 is 16.6. The number of ether oxygens (including phenoxy) is 3. The van der Waals surface area contributed by atoms with Crippen molar-refractivity contribution >= 4 is 29.6 Å². The fourth-order valence-corrected chi connectivity index (χ4v) is 5.56. The summed E-state index contributed by atoms with van der Waals surface area (Å²) >= 11 is 0. The first-order valence-electron chi connectivity index (χ1n) is 15.2. The van der Waals surface area contributed by atoms with Crippen molar-refractivity contribution < 1.29 is 28.6 Å². The molecule has 1 saturated carbocycles. The quantitative estimate of drug-likeness (QED) is 0.269. The number of hydrogen-bond donors (Lipinski definition) is 1. The third-order valence-electron chi connectivity index (χ3n) is 8.09. The second-order valence-electron chi connectivity index (χ2n) is 11.2. The van der Waals surface area contributed by atoms with Crippen LogP contribution in [-0.2, 0) is 32.2 Å². The van der Waals surface area contributed by atoms with Gasteiger partial charge in [0.1, 0.15) is 18.9 Å². The lowest BCUT2D eigenvalue weighted by Crippen LogP contribution is -2.47. The molecule has 10 nitrogen and oxygen atoms in total. The predicted octanol–water partition coefficient (Wildman–Crippen LogP) is 5.55. The third kappa shape index (κ3) is 8.95. The molecule has 1 fully saturated rings. The van der Waals surface area contributed by atoms with Crippen LogP contribution in [0.2, 0.25) is 0 Å². The molecule has 4 rings (SSSR count). The summed E-state index contributed by atoms with van der Waals surface area (Å²) in [5, 5.41) is 2.71. The Balaban J connectivity index is 1.36. The van der Waals surface area contributed by atoms with Gasteiger partial charge in [0.2, 0.25) is 11.9 Å². The van der Waals surface area contributed by atoms with E-state index in [9.17, 15) is 14.4 Å². The number of benzene rings is 2. The molecule has 2 aromatic rings. The number of rotatable bonds is 11. The van der Waals surface area contributed by atoms with Gasteiger partial charge >= 0.3 is 12.1 Å². The summed E-state index contributed by atoms with van der Waals surface area (Å²) in [6, 6.07) is 11.8. The number of nitrogens with zero attached hydrogens (tertiary/aromatic N) is 3. The Bertz CT molecular complexity index is 1300. The van der Waals surface area contributed by atoms with Crippen LogP contribution in [0.15, 0.2) is 41.4 Å². The van der Waals surface area contributed by atoms with Gasteiger partial charge in [-0.15, -0.1) is 0 Å². The second-order valence-corrected chi connectivity index (χ2v) is 11.2. The maximum atomic E-state index is 12.8. The van der Waals surface area contributed by atoms with Crippen molar-refractivity contribution in [3.8, 4) is 5.75 Å². The van der Waals surface area contributed by atoms with Gasteiger partial charge in [-0.25, -0.2) is 9.79 Å². The van der Waals surface area contributed by atoms with Gasteiger partial charge in [-0.3, -0.25) is 14.9 Å². The van der Waals surface area contributed by atoms with Gasteiger partial charge in [0.25, 0.3) is 0 Å². The number of alkyl carbamates (subject to hydrolysis) is 1. The number of guanidine groups is 1. The minimum atomic E-state index is -0.664. The standard InChI is InChI=1S/C33H44N4O6/c1-5-41-31(39)21-37-20-25-19-27(42-18-10-15-30(38)36(4)26-13-7-6-8-14-26)16-17-29(25)34-32(37)35-33(40)43-22-28-23(2)11-9-12-24(28)3/h9,11-12,16-17,19,26H,5-8,10,13-15,18,20-22H2,1-4H3,(H,34,35,40). The van der Waals surface area contributed by atoms with Crippen LogP contribution in [0.25, 0.3) is 0 Å². The highest BCUT2D eigenvalue weighted by molar-refractivity contribution is 5.97. The van der Waals surface area contributed by atoms with E-state index in [0.29, 0.717) is 43.5 Å². The minimum absolute atomic E-state index is 0.0923. The minimum Gasteiger partial charge on any atom is -0.494 e. The number of carbonyl (C=O) groups excluding carboxylic acids is 3. The largest absolute Gasteiger partial charge is 0.494 e. The van der Waals surface area contributed by atoms with Gasteiger partial charge in [-0.05, 0) is 74.9 Å². The van der Waals surface area contributed by atoms with Crippen LogP contribution in [0.3, 0.4) is 0 Å². The highest BCUT2D eigenvalue weighted by atomic mass is 16.5. The summed E-state index contributed by atoms with van der Waals surface area (Å²) in [7, 11) is 1.92. The van der Waals surface area contributed by atoms with Crippen LogP contribution in [0.4, 0.5) is 10.5 Å². The number of esters is 1. The van der Waals surface area contributed by atoms with E-state index in [2.05, 4.69) is 10.3 Å². The molecule has 2 amide bonds. The molecule has 0 atom stereocenters. The van der Waals surface area contributed by atoms with Crippen LogP contribution in [0.5, 0.6) is 5.75 Å². The number of fused-ring (bicyclic) bond motifs is 1. The molecule has 0 unspecified atom stereocenters. The fraction of sp³-hybridized carbons (Fsp3) is 0.515. The Morgan fingerprint density at radius 1 is 1.05 bits per heavy atom. The molecular weight excluding hydrogens is 548 g/mol. The van der Waals surface area contributed by atoms with Crippen LogP contribution in [0, 0.1) is 13.8 Å². The maximum Gasteiger partial charge on any atom is 0.414 e. The SMILES string of the molecule is CCOC(=O)CN1Cc2cc(OCCCC(=O)N(C)C3CCCCC3)ccc2N=C1NC(=O)OCc1c(C)cccc1C. The van der Waals surface area contributed by atoms with Crippen molar-refractivity contribution in [1.82, 2.24) is 15.1 Å². The highest BCUT2D eigenvalue weighted by Gasteiger charge is 2.26. The Morgan fingerprint density at radius 2 is 1.79 bits per heavy atom. The van der Waals surface area contributed by atoms with Crippen LogP contribution in [-0.4, -0.2) is 66.6 Å². The van der Waals surface area contributed by atoms with Gasteiger partial charge < -0.3 is 24.0 Å². The van der Waals surface area contributed by atoms with E-state index in [-0.39, 0.29) is 31.6 Å². The smallest absolute Gasteiger partial charge is 0.414 e. The van der Waals surface area contributed by atoms with Crippen LogP contribution >= 0.6 is 0 Å². The molecule has 2 aromatic carbocycles. The summed E-state index contributed by atoms with van der Waals surface area (Å²) in [6.45, 7) is 6.69. The first kappa shape index (κ1) is 31.8. The Labute approximate surface area is 254 Å². The third-order valence-corrected chi connectivity index (χ3v) is 8.09. The van der Waals surface area contributed by atoms with Gasteiger partial charge in [-0.1, -0.05) is 37.5 Å². The molecule has 1 aliphatic heterocycles. The van der Waals surface area contributed by atoms with Crippen molar-refractivity contribution in [3.63, 3.8) is 0 Å². The molecule has 2 aliphatic rings. The summed E-state index contributed by atoms with van der Waals surface area (Å²) in [5.74, 6) is 0.598. The predicted molar refractivity (Wildman–Crippen MR) is 164 cm³/mol. The molecule has 0 bridgehead atoms. The van der Waals surface area contributed by atoms with Crippen molar-refractivity contribution in [1.29, 1.82) is 0 Å². The lowest BCUT2D eigenvalue weighted by Gasteiger charge is -2.31. The molecule has 0 spiro atoms. The van der Waals surface area contributed by atoms with E-state index in [4.69, 9.17) is 14.2 Å². The number of amides is 2. The molecule has 232 valence electrons.